The van der Waals surface area contributed by atoms with Gasteiger partial charge < -0.3 is 0 Å². The minimum atomic E-state index is -1.87. The van der Waals surface area contributed by atoms with Gasteiger partial charge in [0.15, 0.2) is 0 Å². The smallest absolute Gasteiger partial charge is 0.0496 e. The minimum Gasteiger partial charge on any atom is -0.251 e. The maximum atomic E-state index is 11.0. The first kappa shape index (κ1) is 11.6. The van der Waals surface area contributed by atoms with Crippen molar-refractivity contribution < 1.29 is 4.21 Å². The molecule has 0 saturated heterocycles. The molecule has 0 saturated carbocycles. The molecule has 0 radical (unpaired) electrons. The third-order valence-corrected chi connectivity index (χ3v) is 2.31. The standard InChI is InChI=1S/C6H15IN2OS/c1-9(7)6-4-5-8-11(2,3)10/h4-6H2,1-3H3. The van der Waals surface area contributed by atoms with Crippen LogP contribution >= 0.6 is 22.9 Å². The van der Waals surface area contributed by atoms with E-state index in [-0.39, 0.29) is 0 Å². The number of nitrogens with zero attached hydrogens (tertiary/aromatic N) is 2. The van der Waals surface area contributed by atoms with Crippen LogP contribution in [0.1, 0.15) is 6.42 Å². The van der Waals surface area contributed by atoms with Gasteiger partial charge >= 0.3 is 0 Å². The van der Waals surface area contributed by atoms with Crippen LogP contribution in [-0.4, -0.2) is 40.0 Å². The van der Waals surface area contributed by atoms with Crippen LogP contribution in [0.5, 0.6) is 0 Å². The quantitative estimate of drug-likeness (QED) is 0.445. The van der Waals surface area contributed by atoms with Gasteiger partial charge in [-0.25, -0.2) is 4.36 Å². The lowest BCUT2D eigenvalue weighted by Crippen LogP contribution is -2.07. The van der Waals surface area contributed by atoms with Crippen LogP contribution < -0.4 is 0 Å². The Morgan fingerprint density at radius 3 is 2.45 bits per heavy atom. The summed E-state index contributed by atoms with van der Waals surface area (Å²) < 4.78 is 17.1. The summed E-state index contributed by atoms with van der Waals surface area (Å²) in [5, 5.41) is 0. The summed E-state index contributed by atoms with van der Waals surface area (Å²) in [7, 11) is 0.142. The molecule has 3 nitrogen and oxygen atoms in total. The van der Waals surface area contributed by atoms with Crippen LogP contribution in [0.15, 0.2) is 4.36 Å². The second-order valence-electron chi connectivity index (χ2n) is 2.72. The van der Waals surface area contributed by atoms with E-state index in [1.54, 1.807) is 12.5 Å². The van der Waals surface area contributed by atoms with Gasteiger partial charge in [-0.15, -0.1) is 0 Å². The van der Waals surface area contributed by atoms with E-state index in [0.29, 0.717) is 6.54 Å². The lowest BCUT2D eigenvalue weighted by Gasteiger charge is -2.04. The average molecular weight is 290 g/mol. The van der Waals surface area contributed by atoms with Crippen LogP contribution in [0, 0.1) is 0 Å². The Hall–Kier alpha value is 0.640. The molecule has 0 aromatic carbocycles. The Morgan fingerprint density at radius 1 is 1.55 bits per heavy atom. The predicted octanol–water partition coefficient (Wildman–Crippen LogP) is 1.39. The molecule has 0 aliphatic carbocycles. The van der Waals surface area contributed by atoms with Crippen molar-refractivity contribution in [1.29, 1.82) is 0 Å². The van der Waals surface area contributed by atoms with Crippen molar-refractivity contribution in [3.63, 3.8) is 0 Å². The van der Waals surface area contributed by atoms with Crippen molar-refractivity contribution in [3.8, 4) is 0 Å². The van der Waals surface area contributed by atoms with E-state index in [4.69, 9.17) is 0 Å². The Labute approximate surface area is 83.2 Å². The molecule has 0 aliphatic heterocycles. The molecule has 0 bridgehead atoms. The number of hydrogen-bond donors (Lipinski definition) is 0. The van der Waals surface area contributed by atoms with Gasteiger partial charge in [-0.1, -0.05) is 0 Å². The molecule has 0 amide bonds. The molecule has 0 unspecified atom stereocenters. The van der Waals surface area contributed by atoms with Gasteiger partial charge in [-0.2, -0.15) is 0 Å². The van der Waals surface area contributed by atoms with Gasteiger partial charge in [-0.3, -0.25) is 7.32 Å². The van der Waals surface area contributed by atoms with E-state index in [0.717, 1.165) is 13.0 Å². The van der Waals surface area contributed by atoms with E-state index in [1.165, 1.54) is 0 Å². The third kappa shape index (κ3) is 10.6. The molecule has 0 aromatic heterocycles. The van der Waals surface area contributed by atoms with E-state index in [9.17, 15) is 4.21 Å². The van der Waals surface area contributed by atoms with Crippen LogP contribution in [-0.2, 0) is 9.73 Å². The zero-order valence-electron chi connectivity index (χ0n) is 7.21. The van der Waals surface area contributed by atoms with Gasteiger partial charge in [-0.05, 0) is 13.5 Å². The highest BCUT2D eigenvalue weighted by Gasteiger charge is 1.92. The summed E-state index contributed by atoms with van der Waals surface area (Å²) in [6.45, 7) is 1.71. The van der Waals surface area contributed by atoms with E-state index >= 15 is 0 Å². The van der Waals surface area contributed by atoms with E-state index in [1.807, 2.05) is 7.05 Å². The molecule has 5 heteroatoms. The second kappa shape index (κ2) is 5.31. The molecule has 68 valence electrons. The molecule has 0 fully saturated rings. The Kier molecular flexibility index (Phi) is 5.62. The number of hydrogen-bond acceptors (Lipinski definition) is 3. The summed E-state index contributed by atoms with van der Waals surface area (Å²) in [5.41, 5.74) is 0. The van der Waals surface area contributed by atoms with Crippen molar-refractivity contribution in [3.05, 3.63) is 0 Å². The van der Waals surface area contributed by atoms with Crippen molar-refractivity contribution in [2.75, 3.05) is 32.6 Å². The first-order valence-electron chi connectivity index (χ1n) is 3.41. The van der Waals surface area contributed by atoms with Crippen molar-refractivity contribution in [2.45, 2.75) is 6.42 Å². The van der Waals surface area contributed by atoms with E-state index in [2.05, 4.69) is 30.3 Å². The topological polar surface area (TPSA) is 32.7 Å². The fraction of sp³-hybridized carbons (Fsp3) is 1.00. The average Bonchev–Trinajstić information content (AvgIpc) is 1.78. The van der Waals surface area contributed by atoms with Gasteiger partial charge in [0.2, 0.25) is 0 Å². The minimum absolute atomic E-state index is 0.708. The van der Waals surface area contributed by atoms with Gasteiger partial charge in [0.05, 0.1) is 0 Å². The zero-order valence-corrected chi connectivity index (χ0v) is 10.2. The Balaban J connectivity index is 3.51. The first-order valence-corrected chi connectivity index (χ1v) is 6.71. The van der Waals surface area contributed by atoms with Crippen LogP contribution in [0.4, 0.5) is 0 Å². The molecular weight excluding hydrogens is 275 g/mol. The number of rotatable bonds is 4. The van der Waals surface area contributed by atoms with Crippen LogP contribution in [0.3, 0.4) is 0 Å². The number of halogens is 1. The molecule has 0 aliphatic rings. The molecule has 0 N–H and O–H groups in total. The summed E-state index contributed by atoms with van der Waals surface area (Å²) in [6, 6.07) is 0. The fourth-order valence-electron chi connectivity index (χ4n) is 0.573. The predicted molar refractivity (Wildman–Crippen MR) is 58.6 cm³/mol. The molecule has 0 aromatic rings. The zero-order chi connectivity index (χ0) is 8.91. The molecule has 0 spiro atoms. The van der Waals surface area contributed by atoms with Gasteiger partial charge in [0, 0.05) is 58.2 Å². The molecule has 0 atom stereocenters. The highest BCUT2D eigenvalue weighted by molar-refractivity contribution is 14.1. The summed E-state index contributed by atoms with van der Waals surface area (Å²) in [5.74, 6) is 0. The maximum absolute atomic E-state index is 11.0. The Morgan fingerprint density at radius 2 is 2.09 bits per heavy atom. The van der Waals surface area contributed by atoms with Crippen LogP contribution in [0.25, 0.3) is 0 Å². The highest BCUT2D eigenvalue weighted by Crippen LogP contribution is 1.95. The monoisotopic (exact) mass is 290 g/mol. The summed E-state index contributed by atoms with van der Waals surface area (Å²) >= 11 is 2.22. The normalized spacial score (nSPS) is 12.1. The second-order valence-corrected chi connectivity index (χ2v) is 6.98. The van der Waals surface area contributed by atoms with Crippen molar-refractivity contribution in [2.24, 2.45) is 4.36 Å². The lowest BCUT2D eigenvalue weighted by molar-refractivity contribution is 0.585. The SMILES string of the molecule is CN(I)CCCN=S(C)(C)=O. The highest BCUT2D eigenvalue weighted by atomic mass is 127. The largest absolute Gasteiger partial charge is 0.251 e. The van der Waals surface area contributed by atoms with Gasteiger partial charge in [0.1, 0.15) is 0 Å². The van der Waals surface area contributed by atoms with Crippen LogP contribution in [0.2, 0.25) is 0 Å². The van der Waals surface area contributed by atoms with E-state index < -0.39 is 9.73 Å². The van der Waals surface area contributed by atoms with Gasteiger partial charge in [0.25, 0.3) is 0 Å². The molecule has 0 rings (SSSR count). The summed E-state index contributed by atoms with van der Waals surface area (Å²) in [4.78, 5) is 0. The summed E-state index contributed by atoms with van der Waals surface area (Å²) in [6.07, 6.45) is 4.32. The Bertz CT molecular complexity index is 201. The first-order chi connectivity index (χ1) is 4.92. The molecule has 0 heterocycles. The van der Waals surface area contributed by atoms with Crippen molar-refractivity contribution in [1.82, 2.24) is 3.11 Å². The van der Waals surface area contributed by atoms with Crippen molar-refractivity contribution >= 4 is 32.6 Å². The lowest BCUT2D eigenvalue weighted by atomic mass is 10.4. The maximum Gasteiger partial charge on any atom is 0.0496 e. The fourth-order valence-corrected chi connectivity index (χ4v) is 1.48. The molecule has 11 heavy (non-hydrogen) atoms. The molecular formula is C6H15IN2OS. The third-order valence-electron chi connectivity index (χ3n) is 1.03.